The van der Waals surface area contributed by atoms with Gasteiger partial charge in [-0.1, -0.05) is 23.2 Å². The molecule has 0 bridgehead atoms. The summed E-state index contributed by atoms with van der Waals surface area (Å²) < 4.78 is 25.5. The minimum absolute atomic E-state index is 0.0639. The zero-order valence-corrected chi connectivity index (χ0v) is 15.7. The van der Waals surface area contributed by atoms with Crippen LogP contribution in [-0.2, 0) is 0 Å². The summed E-state index contributed by atoms with van der Waals surface area (Å²) in [5.74, 6) is -0.110. The molecule has 0 saturated heterocycles. The van der Waals surface area contributed by atoms with Crippen molar-refractivity contribution in [2.24, 2.45) is 5.10 Å². The molecule has 3 N–H and O–H groups in total. The van der Waals surface area contributed by atoms with Gasteiger partial charge < -0.3 is 20.3 Å². The van der Waals surface area contributed by atoms with Crippen LogP contribution in [0.15, 0.2) is 34.1 Å². The summed E-state index contributed by atoms with van der Waals surface area (Å²) in [4.78, 5) is 4.21. The van der Waals surface area contributed by atoms with Crippen LogP contribution in [0.25, 0.3) is 11.0 Å². The second kappa shape index (κ2) is 6.90. The van der Waals surface area contributed by atoms with E-state index in [1.54, 1.807) is 25.6 Å². The van der Waals surface area contributed by atoms with E-state index in [4.69, 9.17) is 38.1 Å². The first kappa shape index (κ1) is 17.9. The van der Waals surface area contributed by atoms with Gasteiger partial charge in [0.25, 0.3) is 0 Å². The molecule has 27 heavy (non-hydrogen) atoms. The van der Waals surface area contributed by atoms with Gasteiger partial charge in [0.2, 0.25) is 5.75 Å². The molecule has 6 nitrogen and oxygen atoms in total. The van der Waals surface area contributed by atoms with Crippen LogP contribution in [0.4, 0.5) is 10.2 Å². The highest BCUT2D eigenvalue weighted by molar-refractivity contribution is 6.36. The molecule has 0 radical (unpaired) electrons. The first-order valence-corrected chi connectivity index (χ1v) is 8.94. The van der Waals surface area contributed by atoms with Gasteiger partial charge in [0.05, 0.1) is 11.3 Å². The summed E-state index contributed by atoms with van der Waals surface area (Å²) >= 11 is 12.3. The summed E-state index contributed by atoms with van der Waals surface area (Å²) in [5.41, 5.74) is 10.6. The quantitative estimate of drug-likeness (QED) is 0.612. The highest BCUT2D eigenvalue weighted by Crippen LogP contribution is 2.40. The maximum absolute atomic E-state index is 13.8. The lowest BCUT2D eigenvalue weighted by Crippen LogP contribution is -2.09. The molecule has 0 fully saturated rings. The fraction of sp³-hybridized carbons (Fsp3) is 0.222. The van der Waals surface area contributed by atoms with Crippen LogP contribution in [0.5, 0.6) is 5.75 Å². The number of hydrazone groups is 1. The molecule has 0 aliphatic carbocycles. The van der Waals surface area contributed by atoms with Crippen LogP contribution in [0, 0.1) is 5.82 Å². The van der Waals surface area contributed by atoms with Gasteiger partial charge in [0, 0.05) is 46.4 Å². The molecule has 1 unspecified atom stereocenters. The van der Waals surface area contributed by atoms with Gasteiger partial charge >= 0.3 is 0 Å². The fourth-order valence-corrected chi connectivity index (χ4v) is 3.77. The van der Waals surface area contributed by atoms with E-state index >= 15 is 0 Å². The van der Waals surface area contributed by atoms with Gasteiger partial charge in [-0.2, -0.15) is 5.10 Å². The first-order valence-electron chi connectivity index (χ1n) is 8.19. The van der Waals surface area contributed by atoms with Gasteiger partial charge in [-0.25, -0.2) is 9.37 Å². The number of nitrogens with two attached hydrogens (primary N) is 1. The summed E-state index contributed by atoms with van der Waals surface area (Å²) in [6, 6.07) is 2.63. The maximum Gasteiger partial charge on any atom is 0.205 e. The molecule has 9 heteroatoms. The summed E-state index contributed by atoms with van der Waals surface area (Å²) in [5, 5.41) is 4.99. The third-order valence-corrected chi connectivity index (χ3v) is 5.18. The molecule has 2 aromatic heterocycles. The van der Waals surface area contributed by atoms with Crippen molar-refractivity contribution in [3.05, 3.63) is 51.6 Å². The van der Waals surface area contributed by atoms with E-state index in [1.165, 1.54) is 12.1 Å². The summed E-state index contributed by atoms with van der Waals surface area (Å²) in [6.07, 6.45) is 4.39. The lowest BCUT2D eigenvalue weighted by Gasteiger charge is -2.19. The van der Waals surface area contributed by atoms with E-state index in [0.717, 1.165) is 10.9 Å². The largest absolute Gasteiger partial charge is 0.478 e. The van der Waals surface area contributed by atoms with Crippen molar-refractivity contribution < 1.29 is 13.5 Å². The average molecular weight is 409 g/mol. The Labute approximate surface area is 164 Å². The minimum atomic E-state index is -0.682. The van der Waals surface area contributed by atoms with Crippen molar-refractivity contribution in [3.63, 3.8) is 0 Å². The van der Waals surface area contributed by atoms with Crippen molar-refractivity contribution in [1.29, 1.82) is 0 Å². The van der Waals surface area contributed by atoms with Crippen molar-refractivity contribution in [2.45, 2.75) is 18.9 Å². The Morgan fingerprint density at radius 1 is 1.41 bits per heavy atom. The lowest BCUT2D eigenvalue weighted by atomic mass is 10.0. The predicted octanol–water partition coefficient (Wildman–Crippen LogP) is 4.67. The number of aromatic nitrogens is 1. The van der Waals surface area contributed by atoms with Crippen molar-refractivity contribution in [2.75, 3.05) is 12.3 Å². The zero-order valence-electron chi connectivity index (χ0n) is 14.2. The third-order valence-electron chi connectivity index (χ3n) is 4.47. The lowest BCUT2D eigenvalue weighted by molar-refractivity contribution is 0.227. The van der Waals surface area contributed by atoms with Crippen LogP contribution < -0.4 is 15.9 Å². The molecule has 0 saturated carbocycles. The topological polar surface area (TPSA) is 85.7 Å². The number of nitrogen functional groups attached to an aromatic ring is 1. The maximum atomic E-state index is 13.8. The second-order valence-electron chi connectivity index (χ2n) is 6.17. The number of fused-ring (bicyclic) bond motifs is 1. The normalized spacial score (nSPS) is 17.3. The molecule has 0 amide bonds. The average Bonchev–Trinajstić information content (AvgIpc) is 3.30. The van der Waals surface area contributed by atoms with Gasteiger partial charge in [0.15, 0.2) is 11.4 Å². The highest BCUT2D eigenvalue weighted by atomic mass is 35.5. The van der Waals surface area contributed by atoms with Crippen molar-refractivity contribution in [3.8, 4) is 5.75 Å². The monoisotopic (exact) mass is 408 g/mol. The van der Waals surface area contributed by atoms with Gasteiger partial charge in [0.1, 0.15) is 11.9 Å². The SMILES string of the molecule is C[C@@H](Oc1c(N)ncc2c(C3C=NNC3)coc12)c1c(Cl)ccc(F)c1Cl. The van der Waals surface area contributed by atoms with Crippen LogP contribution in [0.3, 0.4) is 0 Å². The number of hydrogen-bond acceptors (Lipinski definition) is 6. The number of pyridine rings is 1. The molecule has 4 rings (SSSR count). The van der Waals surface area contributed by atoms with Crippen molar-refractivity contribution >= 4 is 46.2 Å². The number of furan rings is 1. The second-order valence-corrected chi connectivity index (χ2v) is 6.96. The van der Waals surface area contributed by atoms with Crippen LogP contribution in [0.2, 0.25) is 10.0 Å². The first-order chi connectivity index (χ1) is 13.0. The van der Waals surface area contributed by atoms with E-state index in [0.29, 0.717) is 22.7 Å². The van der Waals surface area contributed by atoms with Gasteiger partial charge in [-0.05, 0) is 19.1 Å². The molecular weight excluding hydrogens is 394 g/mol. The molecule has 0 spiro atoms. The number of hydrogen-bond donors (Lipinski definition) is 2. The Bertz CT molecular complexity index is 1050. The molecule has 1 aromatic carbocycles. The van der Waals surface area contributed by atoms with Gasteiger partial charge in [-0.15, -0.1) is 0 Å². The zero-order chi connectivity index (χ0) is 19.1. The molecule has 140 valence electrons. The molecule has 3 heterocycles. The smallest absolute Gasteiger partial charge is 0.205 e. The van der Waals surface area contributed by atoms with Crippen LogP contribution in [-0.4, -0.2) is 17.7 Å². The van der Waals surface area contributed by atoms with Crippen LogP contribution in [0.1, 0.15) is 30.1 Å². The Morgan fingerprint density at radius 3 is 2.96 bits per heavy atom. The molecule has 2 atom stereocenters. The van der Waals surface area contributed by atoms with E-state index < -0.39 is 11.9 Å². The van der Waals surface area contributed by atoms with E-state index in [1.807, 2.05) is 0 Å². The molecular formula is C18H15Cl2FN4O2. The van der Waals surface area contributed by atoms with E-state index in [-0.39, 0.29) is 22.5 Å². The Morgan fingerprint density at radius 2 is 2.22 bits per heavy atom. The Balaban J connectivity index is 1.75. The predicted molar refractivity (Wildman–Crippen MR) is 103 cm³/mol. The highest BCUT2D eigenvalue weighted by Gasteiger charge is 2.25. The Kier molecular flexibility index (Phi) is 4.57. The van der Waals surface area contributed by atoms with Crippen LogP contribution >= 0.6 is 23.2 Å². The standard InChI is InChI=1S/C18H15Cl2FN4O2/c1-8(14-12(19)2-3-13(21)15(14)20)27-17-16-10(6-23-18(17)22)11(7-26-16)9-4-24-25-5-9/h2-4,6-9,25H,5H2,1H3,(H2,22,23)/t8-,9?/m1/s1. The number of anilines is 1. The third kappa shape index (κ3) is 3.07. The summed E-state index contributed by atoms with van der Waals surface area (Å²) in [6.45, 7) is 2.36. The van der Waals surface area contributed by atoms with E-state index in [9.17, 15) is 4.39 Å². The fourth-order valence-electron chi connectivity index (χ4n) is 3.09. The number of ether oxygens (including phenoxy) is 1. The number of halogens is 3. The minimum Gasteiger partial charge on any atom is -0.478 e. The van der Waals surface area contributed by atoms with E-state index in [2.05, 4.69) is 15.5 Å². The molecule has 1 aliphatic heterocycles. The number of rotatable bonds is 4. The number of nitrogens with zero attached hydrogens (tertiary/aromatic N) is 2. The number of benzene rings is 1. The van der Waals surface area contributed by atoms with Gasteiger partial charge in [-0.3, -0.25) is 0 Å². The Hall–Kier alpha value is -2.51. The molecule has 1 aliphatic rings. The number of nitrogens with one attached hydrogen (secondary N) is 1. The summed E-state index contributed by atoms with van der Waals surface area (Å²) in [7, 11) is 0. The van der Waals surface area contributed by atoms with Crippen molar-refractivity contribution in [1.82, 2.24) is 10.4 Å². The molecule has 3 aromatic rings.